The summed E-state index contributed by atoms with van der Waals surface area (Å²) in [5, 5.41) is 3.12. The fraction of sp³-hybridized carbons (Fsp3) is 0.125. The average Bonchev–Trinajstić information content (AvgIpc) is 2.74. The summed E-state index contributed by atoms with van der Waals surface area (Å²) < 4.78 is 27.9. The molecular formula is C24H22N2O3S. The first-order valence-corrected chi connectivity index (χ1v) is 11.4. The van der Waals surface area contributed by atoms with E-state index in [4.69, 9.17) is 0 Å². The molecule has 0 heterocycles. The minimum Gasteiger partial charge on any atom is -0.360 e. The van der Waals surface area contributed by atoms with E-state index >= 15 is 0 Å². The Labute approximate surface area is 176 Å². The Morgan fingerprint density at radius 3 is 2.27 bits per heavy atom. The van der Waals surface area contributed by atoms with Crippen LogP contribution in [-0.4, -0.2) is 14.2 Å². The van der Waals surface area contributed by atoms with Crippen molar-refractivity contribution in [2.24, 2.45) is 0 Å². The van der Waals surface area contributed by atoms with Crippen LogP contribution in [0.2, 0.25) is 0 Å². The zero-order chi connectivity index (χ0) is 21.0. The molecule has 2 N–H and O–H groups in total. The van der Waals surface area contributed by atoms with Crippen LogP contribution in [0, 0.1) is 0 Å². The van der Waals surface area contributed by atoms with Crippen molar-refractivity contribution in [2.45, 2.75) is 18.6 Å². The average molecular weight is 419 g/mol. The summed E-state index contributed by atoms with van der Waals surface area (Å²) in [4.78, 5) is 12.7. The van der Waals surface area contributed by atoms with Crippen LogP contribution < -0.4 is 10.0 Å². The summed E-state index contributed by atoms with van der Waals surface area (Å²) in [6.45, 7) is 0. The number of carbonyl (C=O) groups excluding carboxylic acids is 1. The van der Waals surface area contributed by atoms with E-state index in [1.54, 1.807) is 36.5 Å². The lowest BCUT2D eigenvalue weighted by Gasteiger charge is -2.18. The first kappa shape index (κ1) is 19.9. The maximum atomic E-state index is 12.7. The second-order valence-electron chi connectivity index (χ2n) is 7.19. The van der Waals surface area contributed by atoms with E-state index in [-0.39, 0.29) is 11.5 Å². The smallest absolute Gasteiger partial charge is 0.236 e. The molecule has 3 aromatic rings. The molecule has 0 saturated heterocycles. The molecule has 0 amide bonds. The van der Waals surface area contributed by atoms with Gasteiger partial charge in [-0.25, -0.2) is 8.42 Å². The lowest BCUT2D eigenvalue weighted by atomic mass is 9.87. The lowest BCUT2D eigenvalue weighted by Crippen LogP contribution is -2.17. The Morgan fingerprint density at radius 2 is 1.47 bits per heavy atom. The van der Waals surface area contributed by atoms with Crippen molar-refractivity contribution >= 4 is 27.2 Å². The number of rotatable bonds is 6. The standard InChI is InChI=1S/C24H22N2O3S/c27-24-20(15-14-19-10-4-5-11-21(19)24)16-25-22-12-6-7-13-23(22)26-30(28,29)17-18-8-2-1-3-9-18/h1-13,16,25-26H,14-15,17H2. The summed E-state index contributed by atoms with van der Waals surface area (Å²) in [5.41, 5.74) is 4.21. The zero-order valence-corrected chi connectivity index (χ0v) is 17.2. The fourth-order valence-corrected chi connectivity index (χ4v) is 4.73. The molecule has 152 valence electrons. The second-order valence-corrected chi connectivity index (χ2v) is 8.91. The maximum absolute atomic E-state index is 12.7. The molecule has 5 nitrogen and oxygen atoms in total. The largest absolute Gasteiger partial charge is 0.360 e. The molecule has 0 bridgehead atoms. The highest BCUT2D eigenvalue weighted by molar-refractivity contribution is 7.91. The minimum absolute atomic E-state index is 0.00601. The number of ketones is 1. The molecule has 6 heteroatoms. The lowest BCUT2D eigenvalue weighted by molar-refractivity contribution is 0.102. The molecule has 0 fully saturated rings. The third-order valence-corrected chi connectivity index (χ3v) is 6.26. The summed E-state index contributed by atoms with van der Waals surface area (Å²) in [6, 6.07) is 23.7. The number of sulfonamides is 1. The number of anilines is 2. The first-order chi connectivity index (χ1) is 14.5. The number of carbonyl (C=O) groups is 1. The first-order valence-electron chi connectivity index (χ1n) is 9.73. The van der Waals surface area contributed by atoms with Gasteiger partial charge in [0.1, 0.15) is 0 Å². The van der Waals surface area contributed by atoms with E-state index in [0.29, 0.717) is 28.9 Å². The van der Waals surface area contributed by atoms with Crippen LogP contribution in [0.3, 0.4) is 0 Å². The molecule has 30 heavy (non-hydrogen) atoms. The van der Waals surface area contributed by atoms with E-state index in [9.17, 15) is 13.2 Å². The van der Waals surface area contributed by atoms with Gasteiger partial charge in [0, 0.05) is 17.3 Å². The quantitative estimate of drug-likeness (QED) is 0.566. The molecule has 4 rings (SSSR count). The Balaban J connectivity index is 1.52. The van der Waals surface area contributed by atoms with Crippen LogP contribution in [0.1, 0.15) is 27.9 Å². The number of Topliss-reactive ketones (excluding diaryl/α,β-unsaturated/α-hetero) is 1. The highest BCUT2D eigenvalue weighted by atomic mass is 32.2. The predicted molar refractivity (Wildman–Crippen MR) is 120 cm³/mol. The van der Waals surface area contributed by atoms with E-state index < -0.39 is 10.0 Å². The summed E-state index contributed by atoms with van der Waals surface area (Å²) in [7, 11) is -3.58. The van der Waals surface area contributed by atoms with Gasteiger partial charge >= 0.3 is 0 Å². The number of aryl methyl sites for hydroxylation is 1. The highest BCUT2D eigenvalue weighted by Crippen LogP contribution is 2.27. The highest BCUT2D eigenvalue weighted by Gasteiger charge is 2.21. The molecule has 1 aliphatic carbocycles. The minimum atomic E-state index is -3.58. The topological polar surface area (TPSA) is 75.3 Å². The number of hydrogen-bond donors (Lipinski definition) is 2. The number of nitrogens with one attached hydrogen (secondary N) is 2. The van der Waals surface area contributed by atoms with Gasteiger partial charge in [0.05, 0.1) is 17.1 Å². The van der Waals surface area contributed by atoms with Crippen LogP contribution >= 0.6 is 0 Å². The van der Waals surface area contributed by atoms with Gasteiger partial charge in [-0.15, -0.1) is 0 Å². The van der Waals surface area contributed by atoms with Gasteiger partial charge in [-0.1, -0.05) is 66.7 Å². The van der Waals surface area contributed by atoms with Gasteiger partial charge in [0.25, 0.3) is 0 Å². The molecule has 0 saturated carbocycles. The van der Waals surface area contributed by atoms with E-state index in [0.717, 1.165) is 17.5 Å². The Bertz CT molecular complexity index is 1200. The molecule has 1 aliphatic rings. The monoisotopic (exact) mass is 418 g/mol. The molecular weight excluding hydrogens is 396 g/mol. The second kappa shape index (κ2) is 8.55. The van der Waals surface area contributed by atoms with Gasteiger partial charge in [-0.3, -0.25) is 9.52 Å². The van der Waals surface area contributed by atoms with E-state index in [1.165, 1.54) is 0 Å². The Kier molecular flexibility index (Phi) is 5.68. The van der Waals surface area contributed by atoms with Crippen LogP contribution in [0.5, 0.6) is 0 Å². The molecule has 0 atom stereocenters. The van der Waals surface area contributed by atoms with Crippen LogP contribution in [-0.2, 0) is 22.2 Å². The number of hydrogen-bond acceptors (Lipinski definition) is 4. The van der Waals surface area contributed by atoms with Crippen molar-refractivity contribution in [1.29, 1.82) is 0 Å². The molecule has 0 spiro atoms. The zero-order valence-electron chi connectivity index (χ0n) is 16.3. The van der Waals surface area contributed by atoms with Crippen molar-refractivity contribution < 1.29 is 13.2 Å². The summed E-state index contributed by atoms with van der Waals surface area (Å²) >= 11 is 0. The van der Waals surface area contributed by atoms with E-state index in [2.05, 4.69) is 10.0 Å². The summed E-state index contributed by atoms with van der Waals surface area (Å²) in [6.07, 6.45) is 3.13. The molecule has 0 aliphatic heterocycles. The number of para-hydroxylation sites is 2. The van der Waals surface area contributed by atoms with Crippen molar-refractivity contribution in [3.05, 3.63) is 107 Å². The van der Waals surface area contributed by atoms with Crippen molar-refractivity contribution in [3.63, 3.8) is 0 Å². The number of benzene rings is 3. The normalized spacial score (nSPS) is 14.9. The van der Waals surface area contributed by atoms with Gasteiger partial charge in [-0.05, 0) is 36.1 Å². The van der Waals surface area contributed by atoms with Crippen LogP contribution in [0.25, 0.3) is 0 Å². The van der Waals surface area contributed by atoms with E-state index in [1.807, 2.05) is 48.5 Å². The van der Waals surface area contributed by atoms with Gasteiger partial charge in [0.15, 0.2) is 5.78 Å². The van der Waals surface area contributed by atoms with Gasteiger partial charge < -0.3 is 5.32 Å². The van der Waals surface area contributed by atoms with Crippen LogP contribution in [0.4, 0.5) is 11.4 Å². The van der Waals surface area contributed by atoms with Crippen LogP contribution in [0.15, 0.2) is 90.6 Å². The predicted octanol–water partition coefficient (Wildman–Crippen LogP) is 4.75. The number of fused-ring (bicyclic) bond motifs is 1. The Hall–Kier alpha value is -3.38. The SMILES string of the molecule is O=C1C(=CNc2ccccc2NS(=O)(=O)Cc2ccccc2)CCc2ccccc21. The molecule has 0 radical (unpaired) electrons. The number of allylic oxidation sites excluding steroid dienone is 1. The van der Waals surface area contributed by atoms with Gasteiger partial charge in [-0.2, -0.15) is 0 Å². The molecule has 3 aromatic carbocycles. The van der Waals surface area contributed by atoms with Crippen molar-refractivity contribution in [2.75, 3.05) is 10.0 Å². The maximum Gasteiger partial charge on any atom is 0.236 e. The van der Waals surface area contributed by atoms with Gasteiger partial charge in [0.2, 0.25) is 10.0 Å². The summed E-state index contributed by atoms with van der Waals surface area (Å²) in [5.74, 6) is -0.107. The molecule has 0 unspecified atom stereocenters. The van der Waals surface area contributed by atoms with Crippen molar-refractivity contribution in [1.82, 2.24) is 0 Å². The third kappa shape index (κ3) is 4.60. The molecule has 0 aromatic heterocycles. The van der Waals surface area contributed by atoms with Crippen molar-refractivity contribution in [3.8, 4) is 0 Å². The third-order valence-electron chi connectivity index (χ3n) is 5.01. The Morgan fingerprint density at radius 1 is 0.800 bits per heavy atom. The fourth-order valence-electron chi connectivity index (χ4n) is 3.51.